The van der Waals surface area contributed by atoms with E-state index in [0.717, 1.165) is 12.8 Å². The van der Waals surface area contributed by atoms with Crippen molar-refractivity contribution in [2.75, 3.05) is 13.7 Å². The van der Waals surface area contributed by atoms with Gasteiger partial charge in [0.05, 0.1) is 12.1 Å². The molecule has 3 nitrogen and oxygen atoms in total. The molecule has 88 valence electrons. The summed E-state index contributed by atoms with van der Waals surface area (Å²) in [4.78, 5) is 0. The van der Waals surface area contributed by atoms with Gasteiger partial charge >= 0.3 is 0 Å². The van der Waals surface area contributed by atoms with Gasteiger partial charge < -0.3 is 15.6 Å². The molecule has 0 atom stereocenters. The Balaban J connectivity index is 2.61. The highest BCUT2D eigenvalue weighted by atomic mass is 35.5. The van der Waals surface area contributed by atoms with Crippen LogP contribution in [-0.2, 0) is 5.41 Å². The Morgan fingerprint density at radius 1 is 1.62 bits per heavy atom. The molecule has 0 amide bonds. The molecule has 0 radical (unpaired) electrons. The Bertz CT molecular complexity index is 432. The second-order valence-corrected chi connectivity index (χ2v) is 4.49. The van der Waals surface area contributed by atoms with Gasteiger partial charge in [0.15, 0.2) is 11.5 Å². The zero-order valence-electron chi connectivity index (χ0n) is 8.89. The lowest BCUT2D eigenvalue weighted by Gasteiger charge is -2.18. The number of halogens is 2. The van der Waals surface area contributed by atoms with Crippen LogP contribution in [0.2, 0.25) is 5.02 Å². The second kappa shape index (κ2) is 3.79. The van der Waals surface area contributed by atoms with Gasteiger partial charge in [-0.05, 0) is 18.9 Å². The van der Waals surface area contributed by atoms with Crippen LogP contribution >= 0.6 is 11.6 Å². The minimum atomic E-state index is -0.815. The number of hydrogen-bond donors (Lipinski definition) is 2. The summed E-state index contributed by atoms with van der Waals surface area (Å²) in [5.74, 6) is -1.34. The third-order valence-electron chi connectivity index (χ3n) is 3.17. The SMILES string of the molecule is COc1c(C2(CN)CC2)cc(Cl)c(O)c1F. The Labute approximate surface area is 98.0 Å². The van der Waals surface area contributed by atoms with Crippen LogP contribution in [0.5, 0.6) is 11.5 Å². The van der Waals surface area contributed by atoms with Crippen molar-refractivity contribution in [1.29, 1.82) is 0 Å². The summed E-state index contributed by atoms with van der Waals surface area (Å²) >= 11 is 5.75. The molecule has 1 aromatic rings. The quantitative estimate of drug-likeness (QED) is 0.858. The van der Waals surface area contributed by atoms with Gasteiger partial charge in [0, 0.05) is 17.5 Å². The third kappa shape index (κ3) is 1.53. The van der Waals surface area contributed by atoms with Gasteiger partial charge in [-0.1, -0.05) is 11.6 Å². The van der Waals surface area contributed by atoms with E-state index < -0.39 is 11.6 Å². The Morgan fingerprint density at radius 2 is 2.25 bits per heavy atom. The molecule has 1 aliphatic carbocycles. The number of aromatic hydroxyl groups is 1. The van der Waals surface area contributed by atoms with Crippen molar-refractivity contribution in [2.45, 2.75) is 18.3 Å². The van der Waals surface area contributed by atoms with E-state index in [4.69, 9.17) is 22.1 Å². The van der Waals surface area contributed by atoms with Gasteiger partial charge in [0.1, 0.15) is 0 Å². The molecule has 2 rings (SSSR count). The number of phenols is 1. The predicted molar refractivity (Wildman–Crippen MR) is 59.6 cm³/mol. The number of nitrogens with two attached hydrogens (primary N) is 1. The summed E-state index contributed by atoms with van der Waals surface area (Å²) in [5.41, 5.74) is 6.10. The van der Waals surface area contributed by atoms with Crippen molar-refractivity contribution in [3.8, 4) is 11.5 Å². The molecule has 1 fully saturated rings. The van der Waals surface area contributed by atoms with Gasteiger partial charge in [-0.3, -0.25) is 0 Å². The first-order valence-electron chi connectivity index (χ1n) is 5.01. The summed E-state index contributed by atoms with van der Waals surface area (Å²) in [6.45, 7) is 0.421. The maximum atomic E-state index is 13.7. The van der Waals surface area contributed by atoms with Gasteiger partial charge in [0.25, 0.3) is 0 Å². The monoisotopic (exact) mass is 245 g/mol. The molecule has 3 N–H and O–H groups in total. The molecular formula is C11H13ClFNO2. The number of phenolic OH excluding ortho intramolecular Hbond substituents is 1. The molecule has 1 aromatic carbocycles. The fourth-order valence-corrected chi connectivity index (χ4v) is 2.11. The lowest BCUT2D eigenvalue weighted by Crippen LogP contribution is -2.21. The maximum Gasteiger partial charge on any atom is 0.208 e. The molecule has 0 heterocycles. The number of hydrogen-bond acceptors (Lipinski definition) is 3. The van der Waals surface area contributed by atoms with Crippen molar-refractivity contribution in [1.82, 2.24) is 0 Å². The molecule has 16 heavy (non-hydrogen) atoms. The van der Waals surface area contributed by atoms with E-state index >= 15 is 0 Å². The summed E-state index contributed by atoms with van der Waals surface area (Å²) in [7, 11) is 1.36. The Morgan fingerprint density at radius 3 is 2.69 bits per heavy atom. The lowest BCUT2D eigenvalue weighted by molar-refractivity contribution is 0.356. The fourth-order valence-electron chi connectivity index (χ4n) is 1.92. The topological polar surface area (TPSA) is 55.5 Å². The van der Waals surface area contributed by atoms with Crippen molar-refractivity contribution in [2.24, 2.45) is 5.73 Å². The summed E-state index contributed by atoms with van der Waals surface area (Å²) < 4.78 is 18.7. The molecule has 0 unspecified atom stereocenters. The van der Waals surface area contributed by atoms with Crippen LogP contribution in [0, 0.1) is 5.82 Å². The standard InChI is InChI=1S/C11H13ClFNO2/c1-16-10-6(11(5-14)2-3-11)4-7(12)9(15)8(10)13/h4,15H,2-3,5,14H2,1H3. The van der Waals surface area contributed by atoms with Crippen molar-refractivity contribution in [3.05, 3.63) is 22.5 Å². The first-order chi connectivity index (χ1) is 7.55. The molecule has 0 aliphatic heterocycles. The van der Waals surface area contributed by atoms with E-state index in [9.17, 15) is 9.50 Å². The minimum Gasteiger partial charge on any atom is -0.504 e. The van der Waals surface area contributed by atoms with Gasteiger partial charge in [-0.25, -0.2) is 0 Å². The zero-order chi connectivity index (χ0) is 11.9. The van der Waals surface area contributed by atoms with E-state index in [-0.39, 0.29) is 16.2 Å². The third-order valence-corrected chi connectivity index (χ3v) is 3.46. The minimum absolute atomic E-state index is 0.00646. The highest BCUT2D eigenvalue weighted by Crippen LogP contribution is 2.53. The van der Waals surface area contributed by atoms with Crippen molar-refractivity contribution >= 4 is 11.6 Å². The Hall–Kier alpha value is -1.00. The van der Waals surface area contributed by atoms with Crippen molar-refractivity contribution < 1.29 is 14.2 Å². The van der Waals surface area contributed by atoms with Gasteiger partial charge in [-0.15, -0.1) is 0 Å². The molecule has 0 aromatic heterocycles. The number of benzene rings is 1. The fraction of sp³-hybridized carbons (Fsp3) is 0.455. The molecule has 0 bridgehead atoms. The van der Waals surface area contributed by atoms with E-state index in [1.165, 1.54) is 7.11 Å². The first kappa shape index (κ1) is 11.5. The number of methoxy groups -OCH3 is 1. The summed E-state index contributed by atoms with van der Waals surface area (Å²) in [6.07, 6.45) is 1.78. The molecule has 1 aliphatic rings. The van der Waals surface area contributed by atoms with Crippen molar-refractivity contribution in [3.63, 3.8) is 0 Å². The smallest absolute Gasteiger partial charge is 0.208 e. The lowest BCUT2D eigenvalue weighted by atomic mass is 9.94. The summed E-state index contributed by atoms with van der Waals surface area (Å²) in [5, 5.41) is 9.38. The molecule has 1 saturated carbocycles. The highest BCUT2D eigenvalue weighted by Gasteiger charge is 2.46. The maximum absolute atomic E-state index is 13.7. The van der Waals surface area contributed by atoms with Crippen LogP contribution in [-0.4, -0.2) is 18.8 Å². The van der Waals surface area contributed by atoms with Crippen LogP contribution in [0.25, 0.3) is 0 Å². The largest absolute Gasteiger partial charge is 0.504 e. The predicted octanol–water partition coefficient (Wildman–Crippen LogP) is 2.18. The normalized spacial score (nSPS) is 17.2. The van der Waals surface area contributed by atoms with E-state index in [0.29, 0.717) is 12.1 Å². The van der Waals surface area contributed by atoms with E-state index in [2.05, 4.69) is 0 Å². The number of ether oxygens (including phenoxy) is 1. The molecule has 0 spiro atoms. The Kier molecular flexibility index (Phi) is 2.72. The van der Waals surface area contributed by atoms with Gasteiger partial charge in [-0.2, -0.15) is 4.39 Å². The molecule has 0 saturated heterocycles. The number of rotatable bonds is 3. The van der Waals surface area contributed by atoms with Crippen LogP contribution < -0.4 is 10.5 Å². The zero-order valence-corrected chi connectivity index (χ0v) is 9.64. The highest BCUT2D eigenvalue weighted by molar-refractivity contribution is 6.32. The van der Waals surface area contributed by atoms with Crippen LogP contribution in [0.3, 0.4) is 0 Å². The van der Waals surface area contributed by atoms with Crippen LogP contribution in [0.15, 0.2) is 6.07 Å². The van der Waals surface area contributed by atoms with Gasteiger partial charge in [0.2, 0.25) is 5.82 Å². The van der Waals surface area contributed by atoms with Crippen LogP contribution in [0.4, 0.5) is 4.39 Å². The van der Waals surface area contributed by atoms with Crippen LogP contribution in [0.1, 0.15) is 18.4 Å². The van der Waals surface area contributed by atoms with E-state index in [1.54, 1.807) is 6.07 Å². The summed E-state index contributed by atoms with van der Waals surface area (Å²) in [6, 6.07) is 1.54. The average molecular weight is 246 g/mol. The average Bonchev–Trinajstić information content (AvgIpc) is 3.06. The molecular weight excluding hydrogens is 233 g/mol. The van der Waals surface area contributed by atoms with E-state index in [1.807, 2.05) is 0 Å². The second-order valence-electron chi connectivity index (χ2n) is 4.09. The first-order valence-corrected chi connectivity index (χ1v) is 5.39. The molecule has 5 heteroatoms.